The number of aryl methyl sites for hydroxylation is 1. The van der Waals surface area contributed by atoms with E-state index in [0.29, 0.717) is 10.8 Å². The number of nitrogens with zero attached hydrogens (tertiary/aromatic N) is 3. The molecule has 10 heteroatoms. The van der Waals surface area contributed by atoms with E-state index in [1.165, 1.54) is 11.3 Å². The number of hydrogen-bond donors (Lipinski definition) is 1. The summed E-state index contributed by atoms with van der Waals surface area (Å²) in [7, 11) is 0. The summed E-state index contributed by atoms with van der Waals surface area (Å²) in [4.78, 5) is 40.8. The van der Waals surface area contributed by atoms with Crippen molar-refractivity contribution < 1.29 is 19.1 Å². The molecule has 0 aliphatic heterocycles. The zero-order chi connectivity index (χ0) is 20.8. The molecule has 1 aromatic carbocycles. The maximum atomic E-state index is 12.5. The number of thiazole rings is 1. The molecule has 3 aromatic rings. The number of carbonyl (C=O) groups excluding carboxylic acids is 2. The van der Waals surface area contributed by atoms with Gasteiger partial charge in [0, 0.05) is 11.6 Å². The fourth-order valence-corrected chi connectivity index (χ4v) is 2.89. The van der Waals surface area contributed by atoms with E-state index in [0.717, 1.165) is 16.3 Å². The Morgan fingerprint density at radius 1 is 1.24 bits per heavy atom. The maximum Gasteiger partial charge on any atom is 0.362 e. The van der Waals surface area contributed by atoms with Crippen LogP contribution in [0.2, 0.25) is 0 Å². The number of carbonyl (C=O) groups is 2. The van der Waals surface area contributed by atoms with Gasteiger partial charge in [-0.15, -0.1) is 11.3 Å². The van der Waals surface area contributed by atoms with Gasteiger partial charge in [-0.05, 0) is 26.0 Å². The molecule has 1 amide bonds. The van der Waals surface area contributed by atoms with Crippen LogP contribution in [-0.2, 0) is 9.53 Å². The molecule has 0 spiro atoms. The Kier molecular flexibility index (Phi) is 6.35. The monoisotopic (exact) mass is 414 g/mol. The van der Waals surface area contributed by atoms with Gasteiger partial charge in [0.15, 0.2) is 17.5 Å². The van der Waals surface area contributed by atoms with Crippen LogP contribution in [0.15, 0.2) is 46.7 Å². The Labute approximate surface area is 169 Å². The van der Waals surface area contributed by atoms with E-state index in [-0.39, 0.29) is 18.1 Å². The number of ether oxygens (including phenoxy) is 2. The normalized spacial score (nSPS) is 10.4. The second kappa shape index (κ2) is 9.11. The molecule has 0 unspecified atom stereocenters. The molecule has 2 aromatic heterocycles. The molecular weight excluding hydrogens is 396 g/mol. The van der Waals surface area contributed by atoms with Crippen molar-refractivity contribution in [2.45, 2.75) is 13.8 Å². The average molecular weight is 414 g/mol. The Bertz CT molecular complexity index is 1060. The molecule has 1 N–H and O–H groups in total. The number of anilines is 1. The lowest BCUT2D eigenvalue weighted by Crippen LogP contribution is -2.27. The van der Waals surface area contributed by atoms with Crippen molar-refractivity contribution in [3.8, 4) is 11.4 Å². The smallest absolute Gasteiger partial charge is 0.362 e. The summed E-state index contributed by atoms with van der Waals surface area (Å²) >= 11 is 1.25. The van der Waals surface area contributed by atoms with Crippen molar-refractivity contribution in [1.82, 2.24) is 14.8 Å². The van der Waals surface area contributed by atoms with Crippen LogP contribution in [0.4, 0.5) is 5.13 Å². The minimum atomic E-state index is -0.760. The summed E-state index contributed by atoms with van der Waals surface area (Å²) in [5.41, 5.74) is 0.782. The minimum Gasteiger partial charge on any atom is -0.481 e. The Morgan fingerprint density at radius 3 is 2.66 bits per heavy atom. The van der Waals surface area contributed by atoms with Crippen LogP contribution in [0, 0.1) is 6.92 Å². The molecule has 0 fully saturated rings. The first kappa shape index (κ1) is 20.2. The molecule has 0 radical (unpaired) electrons. The van der Waals surface area contributed by atoms with Crippen molar-refractivity contribution in [2.75, 3.05) is 18.5 Å². The third kappa shape index (κ3) is 5.05. The second-order valence-corrected chi connectivity index (χ2v) is 6.73. The van der Waals surface area contributed by atoms with Gasteiger partial charge in [0.05, 0.1) is 18.4 Å². The highest BCUT2D eigenvalue weighted by Gasteiger charge is 2.20. The molecular formula is C19H18N4O5S. The highest BCUT2D eigenvalue weighted by atomic mass is 32.1. The highest BCUT2D eigenvalue weighted by Crippen LogP contribution is 2.17. The van der Waals surface area contributed by atoms with E-state index in [4.69, 9.17) is 9.47 Å². The zero-order valence-electron chi connectivity index (χ0n) is 15.7. The van der Waals surface area contributed by atoms with E-state index >= 15 is 0 Å². The summed E-state index contributed by atoms with van der Waals surface area (Å²) < 4.78 is 11.5. The topological polar surface area (TPSA) is 112 Å². The fraction of sp³-hybridized carbons (Fsp3) is 0.211. The summed E-state index contributed by atoms with van der Waals surface area (Å²) in [6, 6.07) is 8.17. The van der Waals surface area contributed by atoms with Gasteiger partial charge in [0.1, 0.15) is 0 Å². The number of amides is 1. The SMILES string of the molecule is CCOC(=O)c1nn(-c2ccc(C)cc2)c(=O)cc1OCC(=O)Nc1nccs1. The third-order valence-corrected chi connectivity index (χ3v) is 4.37. The van der Waals surface area contributed by atoms with E-state index in [1.807, 2.05) is 19.1 Å². The van der Waals surface area contributed by atoms with Crippen molar-refractivity contribution in [3.63, 3.8) is 0 Å². The fourth-order valence-electron chi connectivity index (χ4n) is 2.35. The van der Waals surface area contributed by atoms with Crippen LogP contribution in [0.3, 0.4) is 0 Å². The van der Waals surface area contributed by atoms with Gasteiger partial charge in [0.25, 0.3) is 11.5 Å². The minimum absolute atomic E-state index is 0.119. The molecule has 29 heavy (non-hydrogen) atoms. The van der Waals surface area contributed by atoms with E-state index in [9.17, 15) is 14.4 Å². The van der Waals surface area contributed by atoms with Crippen molar-refractivity contribution in [2.24, 2.45) is 0 Å². The largest absolute Gasteiger partial charge is 0.481 e. The zero-order valence-corrected chi connectivity index (χ0v) is 16.6. The number of nitrogens with one attached hydrogen (secondary N) is 1. The summed E-state index contributed by atoms with van der Waals surface area (Å²) in [5, 5.41) is 8.78. The first-order valence-electron chi connectivity index (χ1n) is 8.68. The van der Waals surface area contributed by atoms with Gasteiger partial charge in [0.2, 0.25) is 5.69 Å². The Balaban J connectivity index is 1.87. The molecule has 2 heterocycles. The van der Waals surface area contributed by atoms with Crippen LogP contribution in [0.1, 0.15) is 23.0 Å². The van der Waals surface area contributed by atoms with Crippen LogP contribution in [0.25, 0.3) is 5.69 Å². The number of hydrogen-bond acceptors (Lipinski definition) is 8. The third-order valence-electron chi connectivity index (χ3n) is 3.68. The first-order chi connectivity index (χ1) is 14.0. The van der Waals surface area contributed by atoms with Gasteiger partial charge >= 0.3 is 5.97 Å². The Morgan fingerprint density at radius 2 is 2.00 bits per heavy atom. The van der Waals surface area contributed by atoms with E-state index in [1.54, 1.807) is 30.6 Å². The summed E-state index contributed by atoms with van der Waals surface area (Å²) in [6.45, 7) is 3.25. The molecule has 0 aliphatic carbocycles. The first-order valence-corrected chi connectivity index (χ1v) is 9.56. The molecule has 150 valence electrons. The molecule has 0 bridgehead atoms. The van der Waals surface area contributed by atoms with E-state index in [2.05, 4.69) is 15.4 Å². The number of aromatic nitrogens is 3. The van der Waals surface area contributed by atoms with Crippen molar-refractivity contribution in [3.05, 3.63) is 63.5 Å². The predicted molar refractivity (Wildman–Crippen MR) is 107 cm³/mol. The van der Waals surface area contributed by atoms with Crippen LogP contribution in [0.5, 0.6) is 5.75 Å². The quantitative estimate of drug-likeness (QED) is 0.590. The molecule has 0 aliphatic rings. The van der Waals surface area contributed by atoms with Crippen molar-refractivity contribution in [1.29, 1.82) is 0 Å². The van der Waals surface area contributed by atoms with E-state index < -0.39 is 24.0 Å². The van der Waals surface area contributed by atoms with Crippen molar-refractivity contribution >= 4 is 28.3 Å². The van der Waals surface area contributed by atoms with Gasteiger partial charge in [-0.3, -0.25) is 14.9 Å². The average Bonchev–Trinajstić information content (AvgIpc) is 3.20. The van der Waals surface area contributed by atoms with Crippen LogP contribution < -0.4 is 15.6 Å². The van der Waals surface area contributed by atoms with Gasteiger partial charge < -0.3 is 9.47 Å². The maximum absolute atomic E-state index is 12.5. The standard InChI is InChI=1S/C19H18N4O5S/c1-3-27-18(26)17-14(28-11-15(24)21-19-20-8-9-29-19)10-16(25)23(22-17)13-6-4-12(2)5-7-13/h4-10H,3,11H2,1-2H3,(H,20,21,24). The van der Waals surface area contributed by atoms with Gasteiger partial charge in [-0.2, -0.15) is 9.78 Å². The Hall–Kier alpha value is -3.53. The van der Waals surface area contributed by atoms with Crippen LogP contribution >= 0.6 is 11.3 Å². The number of esters is 1. The number of benzene rings is 1. The molecule has 0 atom stereocenters. The molecule has 9 nitrogen and oxygen atoms in total. The van der Waals surface area contributed by atoms with Gasteiger partial charge in [-0.1, -0.05) is 17.7 Å². The number of rotatable bonds is 7. The molecule has 0 saturated carbocycles. The summed E-state index contributed by atoms with van der Waals surface area (Å²) in [6.07, 6.45) is 1.55. The second-order valence-electron chi connectivity index (χ2n) is 5.84. The molecule has 0 saturated heterocycles. The lowest BCUT2D eigenvalue weighted by atomic mass is 10.2. The summed E-state index contributed by atoms with van der Waals surface area (Å²) in [5.74, 6) is -1.38. The lowest BCUT2D eigenvalue weighted by molar-refractivity contribution is -0.118. The highest BCUT2D eigenvalue weighted by molar-refractivity contribution is 7.13. The lowest BCUT2D eigenvalue weighted by Gasteiger charge is -2.12. The van der Waals surface area contributed by atoms with Gasteiger partial charge in [-0.25, -0.2) is 9.78 Å². The van der Waals surface area contributed by atoms with Crippen LogP contribution in [-0.4, -0.2) is 39.9 Å². The molecule has 3 rings (SSSR count). The predicted octanol–water partition coefficient (Wildman–Crippen LogP) is 2.19.